The molecule has 1 aromatic heterocycles. The molecule has 4 rings (SSSR count). The summed E-state index contributed by atoms with van der Waals surface area (Å²) in [5.74, 6) is -1.00. The average molecular weight is 355 g/mol. The van der Waals surface area contributed by atoms with Gasteiger partial charge in [-0.25, -0.2) is 4.98 Å². The Morgan fingerprint density at radius 2 is 2.04 bits per heavy atom. The molecule has 0 radical (unpaired) electrons. The molecule has 2 aromatic rings. The van der Waals surface area contributed by atoms with Crippen molar-refractivity contribution in [3.8, 4) is 0 Å². The quantitative estimate of drug-likeness (QED) is 0.834. The van der Waals surface area contributed by atoms with E-state index in [4.69, 9.17) is 4.98 Å². The minimum atomic E-state index is -0.894. The molecule has 2 atom stereocenters. The number of benzene rings is 1. The molecule has 1 aromatic carbocycles. The van der Waals surface area contributed by atoms with Crippen LogP contribution in [0.1, 0.15) is 51.0 Å². The van der Waals surface area contributed by atoms with E-state index in [-0.39, 0.29) is 5.91 Å². The maximum absolute atomic E-state index is 12.4. The molecule has 2 saturated carbocycles. The Morgan fingerprint density at radius 1 is 1.31 bits per heavy atom. The van der Waals surface area contributed by atoms with Gasteiger partial charge in [0.25, 0.3) is 0 Å². The normalized spacial score (nSPS) is 23.8. The topological polar surface area (TPSA) is 84.2 Å². The largest absolute Gasteiger partial charge is 0.481 e. The van der Waals surface area contributed by atoms with Crippen LogP contribution in [0.5, 0.6) is 0 Å². The van der Waals surface area contributed by atoms with Crippen molar-refractivity contribution in [2.45, 2.75) is 52.6 Å². The van der Waals surface area contributed by atoms with Gasteiger partial charge in [0.05, 0.1) is 22.9 Å². The SMILES string of the molecule is CCc1nc2cc(CNC(=O)[C@@H]3[C@H](C(=O)O)C3(C)C)ccc2n1C1CC1. The van der Waals surface area contributed by atoms with Crippen LogP contribution in [0.15, 0.2) is 18.2 Å². The van der Waals surface area contributed by atoms with Crippen LogP contribution < -0.4 is 5.32 Å². The summed E-state index contributed by atoms with van der Waals surface area (Å²) in [6.45, 7) is 6.18. The molecule has 2 N–H and O–H groups in total. The minimum Gasteiger partial charge on any atom is -0.481 e. The molecule has 1 heterocycles. The van der Waals surface area contributed by atoms with E-state index in [0.29, 0.717) is 12.6 Å². The van der Waals surface area contributed by atoms with Gasteiger partial charge in [-0.1, -0.05) is 26.8 Å². The van der Waals surface area contributed by atoms with Crippen LogP contribution in [0.2, 0.25) is 0 Å². The summed E-state index contributed by atoms with van der Waals surface area (Å²) < 4.78 is 2.35. The lowest BCUT2D eigenvalue weighted by Crippen LogP contribution is -2.26. The number of aromatic nitrogens is 2. The van der Waals surface area contributed by atoms with Gasteiger partial charge in [0.1, 0.15) is 5.82 Å². The third-order valence-electron chi connectivity index (χ3n) is 5.90. The number of hydrogen-bond acceptors (Lipinski definition) is 3. The number of nitrogens with zero attached hydrogens (tertiary/aromatic N) is 2. The van der Waals surface area contributed by atoms with Crippen molar-refractivity contribution in [3.05, 3.63) is 29.6 Å². The zero-order valence-corrected chi connectivity index (χ0v) is 15.5. The molecule has 2 aliphatic rings. The van der Waals surface area contributed by atoms with E-state index >= 15 is 0 Å². The van der Waals surface area contributed by atoms with Crippen molar-refractivity contribution in [2.24, 2.45) is 17.3 Å². The molecule has 0 bridgehead atoms. The third-order valence-corrected chi connectivity index (χ3v) is 5.90. The van der Waals surface area contributed by atoms with E-state index in [1.54, 1.807) is 0 Å². The van der Waals surface area contributed by atoms with Gasteiger partial charge in [0.15, 0.2) is 0 Å². The van der Waals surface area contributed by atoms with Crippen molar-refractivity contribution >= 4 is 22.9 Å². The van der Waals surface area contributed by atoms with Crippen molar-refractivity contribution in [3.63, 3.8) is 0 Å². The highest BCUT2D eigenvalue weighted by atomic mass is 16.4. The Hall–Kier alpha value is -2.37. The van der Waals surface area contributed by atoms with Gasteiger partial charge < -0.3 is 15.0 Å². The van der Waals surface area contributed by atoms with Crippen molar-refractivity contribution in [1.82, 2.24) is 14.9 Å². The number of carbonyl (C=O) groups excluding carboxylic acids is 1. The number of amides is 1. The van der Waals surface area contributed by atoms with Gasteiger partial charge in [-0.05, 0) is 36.0 Å². The fourth-order valence-electron chi connectivity index (χ4n) is 4.18. The van der Waals surface area contributed by atoms with Crippen molar-refractivity contribution < 1.29 is 14.7 Å². The van der Waals surface area contributed by atoms with Crippen LogP contribution in [0.25, 0.3) is 11.0 Å². The summed E-state index contributed by atoms with van der Waals surface area (Å²) in [6, 6.07) is 6.73. The highest BCUT2D eigenvalue weighted by Gasteiger charge is 2.65. The molecular weight excluding hydrogens is 330 g/mol. The van der Waals surface area contributed by atoms with Crippen LogP contribution in [-0.2, 0) is 22.6 Å². The standard InChI is InChI=1S/C20H25N3O3/c1-4-15-22-13-9-11(5-8-14(13)23(15)12-6-7-12)10-21-18(24)16-17(19(25)26)20(16,2)3/h5,8-9,12,16-17H,4,6-7,10H2,1-3H3,(H,21,24)(H,25,26)/t16-,17+/m0/s1. The number of hydrogen-bond donors (Lipinski definition) is 2. The summed E-state index contributed by atoms with van der Waals surface area (Å²) in [5.41, 5.74) is 2.64. The molecule has 0 aliphatic heterocycles. The van der Waals surface area contributed by atoms with E-state index < -0.39 is 23.2 Å². The predicted molar refractivity (Wildman–Crippen MR) is 97.6 cm³/mol. The fraction of sp³-hybridized carbons (Fsp3) is 0.550. The highest BCUT2D eigenvalue weighted by Crippen LogP contribution is 2.58. The first kappa shape index (κ1) is 17.1. The minimum absolute atomic E-state index is 0.180. The summed E-state index contributed by atoms with van der Waals surface area (Å²) >= 11 is 0. The first-order chi connectivity index (χ1) is 12.3. The number of rotatable bonds is 6. The van der Waals surface area contributed by atoms with Gasteiger partial charge in [-0.3, -0.25) is 9.59 Å². The summed E-state index contributed by atoms with van der Waals surface area (Å²) in [6.07, 6.45) is 3.35. The number of imidazole rings is 1. The molecule has 138 valence electrons. The zero-order chi connectivity index (χ0) is 18.6. The maximum Gasteiger partial charge on any atom is 0.307 e. The summed E-state index contributed by atoms with van der Waals surface area (Å²) in [4.78, 5) is 28.4. The Balaban J connectivity index is 1.48. The average Bonchev–Trinajstić information content (AvgIpc) is 3.48. The molecule has 0 unspecified atom stereocenters. The van der Waals surface area contributed by atoms with Gasteiger partial charge in [0.2, 0.25) is 5.91 Å². The van der Waals surface area contributed by atoms with Crippen LogP contribution in [0.3, 0.4) is 0 Å². The number of nitrogens with one attached hydrogen (secondary N) is 1. The lowest BCUT2D eigenvalue weighted by atomic mass is 10.1. The second-order valence-corrected chi connectivity index (χ2v) is 8.14. The summed E-state index contributed by atoms with van der Waals surface area (Å²) in [7, 11) is 0. The monoisotopic (exact) mass is 355 g/mol. The number of carboxylic acids is 1. The fourth-order valence-corrected chi connectivity index (χ4v) is 4.18. The van der Waals surface area contributed by atoms with Gasteiger partial charge in [-0.15, -0.1) is 0 Å². The number of carbonyl (C=O) groups is 2. The van der Waals surface area contributed by atoms with E-state index in [1.807, 2.05) is 26.0 Å². The number of aryl methyl sites for hydroxylation is 1. The van der Waals surface area contributed by atoms with E-state index in [2.05, 4.69) is 22.9 Å². The molecular formula is C20H25N3O3. The molecule has 0 saturated heterocycles. The second-order valence-electron chi connectivity index (χ2n) is 8.14. The third kappa shape index (κ3) is 2.68. The van der Waals surface area contributed by atoms with Gasteiger partial charge in [0, 0.05) is 19.0 Å². The van der Waals surface area contributed by atoms with Crippen LogP contribution in [0, 0.1) is 17.3 Å². The molecule has 6 nitrogen and oxygen atoms in total. The second kappa shape index (κ2) is 5.83. The van der Waals surface area contributed by atoms with E-state index in [9.17, 15) is 14.7 Å². The lowest BCUT2D eigenvalue weighted by molar-refractivity contribution is -0.140. The van der Waals surface area contributed by atoms with Crippen LogP contribution >= 0.6 is 0 Å². The Kier molecular flexibility index (Phi) is 3.82. The molecule has 1 amide bonds. The number of aliphatic carboxylic acids is 1. The van der Waals surface area contributed by atoms with Gasteiger partial charge in [-0.2, -0.15) is 0 Å². The number of carboxylic acid groups (broad SMARTS) is 1. The van der Waals surface area contributed by atoms with E-state index in [0.717, 1.165) is 28.8 Å². The maximum atomic E-state index is 12.4. The van der Waals surface area contributed by atoms with Crippen LogP contribution in [0.4, 0.5) is 0 Å². The molecule has 2 fully saturated rings. The first-order valence-corrected chi connectivity index (χ1v) is 9.34. The van der Waals surface area contributed by atoms with Crippen LogP contribution in [-0.4, -0.2) is 26.5 Å². The van der Waals surface area contributed by atoms with Crippen molar-refractivity contribution in [1.29, 1.82) is 0 Å². The molecule has 2 aliphatic carbocycles. The summed E-state index contributed by atoms with van der Waals surface area (Å²) in [5, 5.41) is 12.1. The Bertz CT molecular complexity index is 895. The Morgan fingerprint density at radius 3 is 2.62 bits per heavy atom. The van der Waals surface area contributed by atoms with E-state index in [1.165, 1.54) is 12.8 Å². The molecule has 6 heteroatoms. The highest BCUT2D eigenvalue weighted by molar-refractivity contribution is 5.91. The molecule has 26 heavy (non-hydrogen) atoms. The first-order valence-electron chi connectivity index (χ1n) is 9.34. The van der Waals surface area contributed by atoms with Crippen molar-refractivity contribution in [2.75, 3.05) is 0 Å². The number of fused-ring (bicyclic) bond motifs is 1. The molecule has 0 spiro atoms. The van der Waals surface area contributed by atoms with Gasteiger partial charge >= 0.3 is 5.97 Å². The lowest BCUT2D eigenvalue weighted by Gasteiger charge is -2.08. The zero-order valence-electron chi connectivity index (χ0n) is 15.5. The predicted octanol–water partition coefficient (Wildman–Crippen LogP) is 2.91. The Labute approximate surface area is 152 Å². The smallest absolute Gasteiger partial charge is 0.307 e.